The van der Waals surface area contributed by atoms with Gasteiger partial charge in [0, 0.05) is 28.6 Å². The monoisotopic (exact) mass is 605 g/mol. The van der Waals surface area contributed by atoms with E-state index in [1.165, 1.54) is 12.1 Å². The molecule has 1 aromatic heterocycles. The molecule has 0 fully saturated rings. The molecule has 0 bridgehead atoms. The number of aromatic nitrogens is 1. The quantitative estimate of drug-likeness (QED) is 0.113. The minimum atomic E-state index is -1.03. The average Bonchev–Trinajstić information content (AvgIpc) is 3.26. The smallest absolute Gasteiger partial charge is 0.323 e. The molecule has 0 aliphatic carbocycles. The van der Waals surface area contributed by atoms with Crippen LogP contribution in [0.15, 0.2) is 66.9 Å². The Morgan fingerprint density at radius 1 is 0.930 bits per heavy atom. The van der Waals surface area contributed by atoms with Crippen LogP contribution >= 0.6 is 11.6 Å². The van der Waals surface area contributed by atoms with Gasteiger partial charge in [0.1, 0.15) is 37.1 Å². The molecule has 0 saturated carbocycles. The van der Waals surface area contributed by atoms with E-state index in [1.807, 2.05) is 68.5 Å². The zero-order valence-electron chi connectivity index (χ0n) is 24.0. The molecule has 0 unspecified atom stereocenters. The Bertz CT molecular complexity index is 1650. The Balaban J connectivity index is 1.40. The summed E-state index contributed by atoms with van der Waals surface area (Å²) in [5.41, 5.74) is 4.64. The van der Waals surface area contributed by atoms with Crippen LogP contribution in [0, 0.1) is 19.7 Å². The molecule has 224 valence electrons. The normalized spacial score (nSPS) is 11.5. The van der Waals surface area contributed by atoms with Gasteiger partial charge in [0.05, 0.1) is 5.52 Å². The van der Waals surface area contributed by atoms with Crippen molar-refractivity contribution in [3.8, 4) is 11.5 Å². The summed E-state index contributed by atoms with van der Waals surface area (Å²) in [4.78, 5) is 22.5. The van der Waals surface area contributed by atoms with Crippen LogP contribution in [0.1, 0.15) is 40.7 Å². The van der Waals surface area contributed by atoms with Crippen LogP contribution in [0.3, 0.4) is 0 Å². The number of hydrogen-bond donors (Lipinski definition) is 2. The number of benzene rings is 3. The molecule has 0 amide bonds. The Morgan fingerprint density at radius 3 is 2.26 bits per heavy atom. The minimum absolute atomic E-state index is 0.0259. The standard InChI is InChI=1S/C34H33ClFNO6/c1-22-16-27(35)17-23(2)34(22)43-15-4-3-14-42-29-12-9-24(10-13-29)8-11-25-18-28(36)19-30-26(6-5-7-31(38)39)20-37(33(25)30)21-32(40)41/h3-4,8-13,16-20H,5-7,14-15,21H2,1-2H3,(H,38,39)(H,40,41). The van der Waals surface area contributed by atoms with E-state index in [4.69, 9.17) is 26.2 Å². The van der Waals surface area contributed by atoms with Crippen molar-refractivity contribution in [2.75, 3.05) is 13.2 Å². The van der Waals surface area contributed by atoms with Crippen molar-refractivity contribution < 1.29 is 33.7 Å². The lowest BCUT2D eigenvalue weighted by Gasteiger charge is -2.11. The van der Waals surface area contributed by atoms with E-state index in [0.717, 1.165) is 22.4 Å². The summed E-state index contributed by atoms with van der Waals surface area (Å²) in [6.07, 6.45) is 9.74. The van der Waals surface area contributed by atoms with Crippen molar-refractivity contribution in [2.45, 2.75) is 39.7 Å². The molecule has 1 heterocycles. The fourth-order valence-corrected chi connectivity index (χ4v) is 5.26. The second kappa shape index (κ2) is 14.6. The highest BCUT2D eigenvalue weighted by atomic mass is 35.5. The molecule has 0 aliphatic rings. The number of carbonyl (C=O) groups is 2. The van der Waals surface area contributed by atoms with Gasteiger partial charge in [-0.25, -0.2) is 4.39 Å². The summed E-state index contributed by atoms with van der Waals surface area (Å²) in [5.74, 6) is -0.898. The van der Waals surface area contributed by atoms with Gasteiger partial charge in [0.2, 0.25) is 0 Å². The summed E-state index contributed by atoms with van der Waals surface area (Å²) in [6, 6.07) is 13.9. The molecule has 0 atom stereocenters. The van der Waals surface area contributed by atoms with Crippen LogP contribution in [0.25, 0.3) is 23.1 Å². The topological polar surface area (TPSA) is 98.0 Å². The highest BCUT2D eigenvalue weighted by molar-refractivity contribution is 6.30. The predicted molar refractivity (Wildman–Crippen MR) is 167 cm³/mol. The molecular formula is C34H33ClFNO6. The maximum atomic E-state index is 14.6. The van der Waals surface area contributed by atoms with Crippen molar-refractivity contribution in [2.24, 2.45) is 0 Å². The van der Waals surface area contributed by atoms with E-state index in [9.17, 15) is 19.1 Å². The molecule has 0 saturated heterocycles. The molecule has 7 nitrogen and oxygen atoms in total. The summed E-state index contributed by atoms with van der Waals surface area (Å²) in [5, 5.41) is 19.7. The molecule has 3 aromatic carbocycles. The van der Waals surface area contributed by atoms with Gasteiger partial charge in [-0.05, 0) is 97.5 Å². The Morgan fingerprint density at radius 2 is 1.60 bits per heavy atom. The number of rotatable bonds is 14. The predicted octanol–water partition coefficient (Wildman–Crippen LogP) is 7.73. The molecule has 2 N–H and O–H groups in total. The van der Waals surface area contributed by atoms with Gasteiger partial charge in [-0.15, -0.1) is 0 Å². The number of nitrogens with zero attached hydrogens (tertiary/aromatic N) is 1. The van der Waals surface area contributed by atoms with Crippen molar-refractivity contribution >= 4 is 46.6 Å². The molecule has 43 heavy (non-hydrogen) atoms. The number of fused-ring (bicyclic) bond motifs is 1. The summed E-state index contributed by atoms with van der Waals surface area (Å²) < 4.78 is 27.8. The zero-order valence-corrected chi connectivity index (χ0v) is 24.7. The lowest BCUT2D eigenvalue weighted by Crippen LogP contribution is -2.08. The van der Waals surface area contributed by atoms with E-state index >= 15 is 0 Å². The first-order valence-corrected chi connectivity index (χ1v) is 14.2. The molecule has 9 heteroatoms. The first-order valence-electron chi connectivity index (χ1n) is 13.8. The van der Waals surface area contributed by atoms with Gasteiger partial charge in [-0.3, -0.25) is 9.59 Å². The van der Waals surface area contributed by atoms with Crippen molar-refractivity contribution in [1.29, 1.82) is 0 Å². The number of carboxylic acid groups (broad SMARTS) is 2. The van der Waals surface area contributed by atoms with E-state index in [-0.39, 0.29) is 13.0 Å². The van der Waals surface area contributed by atoms with Crippen molar-refractivity contribution in [1.82, 2.24) is 4.57 Å². The number of aryl methyl sites for hydroxylation is 3. The van der Waals surface area contributed by atoms with Gasteiger partial charge in [-0.2, -0.15) is 0 Å². The first-order chi connectivity index (χ1) is 20.6. The fourth-order valence-electron chi connectivity index (χ4n) is 4.93. The lowest BCUT2D eigenvalue weighted by atomic mass is 10.0. The van der Waals surface area contributed by atoms with Crippen LogP contribution in [0.2, 0.25) is 5.02 Å². The van der Waals surface area contributed by atoms with E-state index in [0.29, 0.717) is 58.9 Å². The SMILES string of the molecule is Cc1cc(Cl)cc(C)c1OCC=CCOc1ccc(C=Cc2cc(F)cc3c(CCCC(=O)O)cn(CC(=O)O)c23)cc1. The summed E-state index contributed by atoms with van der Waals surface area (Å²) in [7, 11) is 0. The second-order valence-corrected chi connectivity index (χ2v) is 10.6. The Kier molecular flexibility index (Phi) is 10.6. The highest BCUT2D eigenvalue weighted by Gasteiger charge is 2.15. The van der Waals surface area contributed by atoms with Crippen LogP contribution < -0.4 is 9.47 Å². The van der Waals surface area contributed by atoms with Crippen molar-refractivity contribution in [3.63, 3.8) is 0 Å². The first kappa shape index (κ1) is 31.4. The maximum Gasteiger partial charge on any atom is 0.323 e. The number of carboxylic acids is 2. The van der Waals surface area contributed by atoms with Gasteiger partial charge < -0.3 is 24.3 Å². The average molecular weight is 606 g/mol. The summed E-state index contributed by atoms with van der Waals surface area (Å²) in [6.45, 7) is 4.39. The number of aliphatic carboxylic acids is 2. The van der Waals surface area contributed by atoms with Crippen LogP contribution in [0.5, 0.6) is 11.5 Å². The highest BCUT2D eigenvalue weighted by Crippen LogP contribution is 2.30. The molecule has 4 rings (SSSR count). The number of halogens is 2. The third-order valence-corrected chi connectivity index (χ3v) is 7.01. The largest absolute Gasteiger partial charge is 0.490 e. The van der Waals surface area contributed by atoms with Gasteiger partial charge in [0.25, 0.3) is 0 Å². The molecule has 0 aliphatic heterocycles. The molecule has 0 radical (unpaired) electrons. The van der Waals surface area contributed by atoms with Crippen LogP contribution in [-0.4, -0.2) is 39.9 Å². The van der Waals surface area contributed by atoms with Gasteiger partial charge >= 0.3 is 11.9 Å². The summed E-state index contributed by atoms with van der Waals surface area (Å²) >= 11 is 6.07. The number of ether oxygens (including phenoxy) is 2. The maximum absolute atomic E-state index is 14.6. The second-order valence-electron chi connectivity index (χ2n) is 10.2. The van der Waals surface area contributed by atoms with E-state index in [1.54, 1.807) is 16.8 Å². The lowest BCUT2D eigenvalue weighted by molar-refractivity contribution is -0.138. The van der Waals surface area contributed by atoms with Crippen LogP contribution in [-0.2, 0) is 22.6 Å². The minimum Gasteiger partial charge on any atom is -0.490 e. The van der Waals surface area contributed by atoms with Gasteiger partial charge in [0.15, 0.2) is 0 Å². The molecule has 4 aromatic rings. The third-order valence-electron chi connectivity index (χ3n) is 6.79. The Hall–Kier alpha value is -4.56. The van der Waals surface area contributed by atoms with E-state index < -0.39 is 17.8 Å². The Labute approximate surface area is 254 Å². The van der Waals surface area contributed by atoms with Gasteiger partial charge in [-0.1, -0.05) is 35.9 Å². The fraction of sp³-hybridized carbons (Fsp3) is 0.235. The third kappa shape index (κ3) is 8.72. The number of hydrogen-bond acceptors (Lipinski definition) is 4. The van der Waals surface area contributed by atoms with E-state index in [2.05, 4.69) is 0 Å². The van der Waals surface area contributed by atoms with Crippen LogP contribution in [0.4, 0.5) is 4.39 Å². The molecule has 0 spiro atoms. The zero-order chi connectivity index (χ0) is 30.9. The van der Waals surface area contributed by atoms with Crippen molar-refractivity contribution in [3.05, 3.63) is 106 Å². The molecular weight excluding hydrogens is 573 g/mol.